The van der Waals surface area contributed by atoms with Gasteiger partial charge in [-0.25, -0.2) is 0 Å². The Morgan fingerprint density at radius 1 is 1.17 bits per heavy atom. The van der Waals surface area contributed by atoms with E-state index in [0.717, 1.165) is 5.75 Å². The minimum atomic E-state index is -0.493. The summed E-state index contributed by atoms with van der Waals surface area (Å²) in [6.07, 6.45) is -0.352. The van der Waals surface area contributed by atoms with Crippen LogP contribution in [0.2, 0.25) is 0 Å². The van der Waals surface area contributed by atoms with Crippen LogP contribution in [-0.2, 0) is 14.9 Å². The van der Waals surface area contributed by atoms with Gasteiger partial charge in [0.1, 0.15) is 5.75 Å². The fourth-order valence-corrected chi connectivity index (χ4v) is 2.90. The quantitative estimate of drug-likeness (QED) is 0.857. The van der Waals surface area contributed by atoms with Gasteiger partial charge in [0.2, 0.25) is 0 Å². The molecule has 0 aromatic heterocycles. The van der Waals surface area contributed by atoms with E-state index in [-0.39, 0.29) is 23.5 Å². The molecule has 1 amide bonds. The third kappa shape index (κ3) is 4.71. The summed E-state index contributed by atoms with van der Waals surface area (Å²) in [5.74, 6) is 0.750. The molecule has 0 spiro atoms. The Morgan fingerprint density at radius 3 is 2.17 bits per heavy atom. The third-order valence-electron chi connectivity index (χ3n) is 4.11. The van der Waals surface area contributed by atoms with E-state index in [1.807, 2.05) is 37.8 Å². The average molecular weight is 319 g/mol. The van der Waals surface area contributed by atoms with Crippen LogP contribution < -0.4 is 4.74 Å². The van der Waals surface area contributed by atoms with Gasteiger partial charge < -0.3 is 14.4 Å². The molecule has 1 aliphatic rings. The largest absolute Gasteiger partial charge is 0.481 e. The Kier molecular flexibility index (Phi) is 5.35. The van der Waals surface area contributed by atoms with Crippen LogP contribution in [0.25, 0.3) is 0 Å². The molecule has 1 heterocycles. The van der Waals surface area contributed by atoms with Crippen LogP contribution in [0.5, 0.6) is 5.75 Å². The molecule has 0 radical (unpaired) electrons. The van der Waals surface area contributed by atoms with Crippen molar-refractivity contribution in [2.45, 2.75) is 65.3 Å². The molecule has 0 unspecified atom stereocenters. The molecule has 2 rings (SSSR count). The Hall–Kier alpha value is -1.55. The summed E-state index contributed by atoms with van der Waals surface area (Å²) >= 11 is 0. The molecule has 1 fully saturated rings. The topological polar surface area (TPSA) is 38.8 Å². The van der Waals surface area contributed by atoms with Crippen LogP contribution in [0.1, 0.15) is 47.1 Å². The van der Waals surface area contributed by atoms with Gasteiger partial charge in [-0.2, -0.15) is 0 Å². The zero-order chi connectivity index (χ0) is 17.2. The van der Waals surface area contributed by atoms with Crippen LogP contribution in [-0.4, -0.2) is 42.2 Å². The van der Waals surface area contributed by atoms with Crippen molar-refractivity contribution in [1.82, 2.24) is 4.90 Å². The number of hydrogen-bond acceptors (Lipinski definition) is 3. The van der Waals surface area contributed by atoms with Crippen molar-refractivity contribution in [2.75, 3.05) is 13.1 Å². The molecule has 0 saturated carbocycles. The Balaban J connectivity index is 1.98. The molecule has 0 aliphatic carbocycles. The van der Waals surface area contributed by atoms with E-state index < -0.39 is 6.10 Å². The molecule has 1 aromatic carbocycles. The van der Waals surface area contributed by atoms with E-state index in [9.17, 15) is 4.79 Å². The van der Waals surface area contributed by atoms with E-state index in [1.54, 1.807) is 0 Å². The molecule has 128 valence electrons. The number of rotatable bonds is 3. The standard InChI is InChI=1S/C19H29NO3/c1-13-11-20(12-14(2)22-13)18(21)15(3)23-17-9-7-16(8-10-17)19(4,5)6/h7-10,13-15H,11-12H2,1-6H3/t13-,14+,15-/m1/s1. The lowest BCUT2D eigenvalue weighted by Crippen LogP contribution is -2.51. The number of carbonyl (C=O) groups excluding carboxylic acids is 1. The molecule has 1 aromatic rings. The minimum absolute atomic E-state index is 0.0203. The van der Waals surface area contributed by atoms with Gasteiger partial charge in [-0.1, -0.05) is 32.9 Å². The van der Waals surface area contributed by atoms with Crippen LogP contribution in [0, 0.1) is 0 Å². The smallest absolute Gasteiger partial charge is 0.263 e. The second kappa shape index (κ2) is 6.91. The van der Waals surface area contributed by atoms with Crippen molar-refractivity contribution in [3.63, 3.8) is 0 Å². The number of amides is 1. The summed E-state index contributed by atoms with van der Waals surface area (Å²) in [6.45, 7) is 13.6. The van der Waals surface area contributed by atoms with E-state index >= 15 is 0 Å². The predicted molar refractivity (Wildman–Crippen MR) is 91.8 cm³/mol. The molecular formula is C19H29NO3. The highest BCUT2D eigenvalue weighted by Gasteiger charge is 2.29. The van der Waals surface area contributed by atoms with Crippen LogP contribution in [0.4, 0.5) is 0 Å². The minimum Gasteiger partial charge on any atom is -0.481 e. The maximum absolute atomic E-state index is 12.6. The molecule has 0 bridgehead atoms. The molecule has 23 heavy (non-hydrogen) atoms. The summed E-state index contributed by atoms with van der Waals surface area (Å²) < 4.78 is 11.5. The van der Waals surface area contributed by atoms with E-state index in [1.165, 1.54) is 5.56 Å². The SMILES string of the molecule is C[C@@H]1CN(C(=O)[C@@H](C)Oc2ccc(C(C)(C)C)cc2)C[C@H](C)O1. The maximum atomic E-state index is 12.6. The number of hydrogen-bond donors (Lipinski definition) is 0. The fourth-order valence-electron chi connectivity index (χ4n) is 2.90. The summed E-state index contributed by atoms with van der Waals surface area (Å²) in [4.78, 5) is 14.4. The summed E-state index contributed by atoms with van der Waals surface area (Å²) in [5.41, 5.74) is 1.36. The van der Waals surface area contributed by atoms with Gasteiger partial charge in [-0.3, -0.25) is 4.79 Å². The van der Waals surface area contributed by atoms with Crippen molar-refractivity contribution < 1.29 is 14.3 Å². The van der Waals surface area contributed by atoms with Crippen molar-refractivity contribution >= 4 is 5.91 Å². The van der Waals surface area contributed by atoms with Gasteiger partial charge in [-0.15, -0.1) is 0 Å². The first-order chi connectivity index (χ1) is 10.7. The maximum Gasteiger partial charge on any atom is 0.263 e. The van der Waals surface area contributed by atoms with Gasteiger partial charge in [0.15, 0.2) is 6.10 Å². The molecule has 4 nitrogen and oxygen atoms in total. The summed E-state index contributed by atoms with van der Waals surface area (Å²) in [6, 6.07) is 8.00. The first-order valence-electron chi connectivity index (χ1n) is 8.38. The second-order valence-corrected chi connectivity index (χ2v) is 7.53. The van der Waals surface area contributed by atoms with Crippen LogP contribution >= 0.6 is 0 Å². The Labute approximate surface area is 139 Å². The van der Waals surface area contributed by atoms with Gasteiger partial charge in [0.25, 0.3) is 5.91 Å². The third-order valence-corrected chi connectivity index (χ3v) is 4.11. The fraction of sp³-hybridized carbons (Fsp3) is 0.632. The lowest BCUT2D eigenvalue weighted by atomic mass is 9.87. The van der Waals surface area contributed by atoms with Crippen molar-refractivity contribution in [2.24, 2.45) is 0 Å². The predicted octanol–water partition coefficient (Wildman–Crippen LogP) is 3.39. The number of morpholine rings is 1. The second-order valence-electron chi connectivity index (χ2n) is 7.53. The molecule has 1 saturated heterocycles. The van der Waals surface area contributed by atoms with E-state index in [0.29, 0.717) is 13.1 Å². The molecule has 0 N–H and O–H groups in total. The van der Waals surface area contributed by atoms with Crippen LogP contribution in [0.3, 0.4) is 0 Å². The highest BCUT2D eigenvalue weighted by Crippen LogP contribution is 2.25. The number of benzene rings is 1. The highest BCUT2D eigenvalue weighted by atomic mass is 16.5. The number of carbonyl (C=O) groups is 1. The average Bonchev–Trinajstić information content (AvgIpc) is 2.45. The zero-order valence-electron chi connectivity index (χ0n) is 15.1. The van der Waals surface area contributed by atoms with Crippen LogP contribution in [0.15, 0.2) is 24.3 Å². The number of ether oxygens (including phenoxy) is 2. The summed E-state index contributed by atoms with van der Waals surface area (Å²) in [7, 11) is 0. The highest BCUT2D eigenvalue weighted by molar-refractivity contribution is 5.81. The van der Waals surface area contributed by atoms with Crippen molar-refractivity contribution in [3.05, 3.63) is 29.8 Å². The lowest BCUT2D eigenvalue weighted by Gasteiger charge is -2.36. The normalized spacial score (nSPS) is 23.5. The monoisotopic (exact) mass is 319 g/mol. The molecule has 1 aliphatic heterocycles. The number of nitrogens with zero attached hydrogens (tertiary/aromatic N) is 1. The molecule has 4 heteroatoms. The first kappa shape index (κ1) is 17.8. The summed E-state index contributed by atoms with van der Waals surface area (Å²) in [5, 5.41) is 0. The van der Waals surface area contributed by atoms with Crippen molar-refractivity contribution in [3.8, 4) is 5.75 Å². The van der Waals surface area contributed by atoms with E-state index in [2.05, 4.69) is 32.9 Å². The Bertz CT molecular complexity index is 523. The lowest BCUT2D eigenvalue weighted by molar-refractivity contribution is -0.149. The van der Waals surface area contributed by atoms with Gasteiger partial charge in [0.05, 0.1) is 12.2 Å². The molecular weight excluding hydrogens is 290 g/mol. The Morgan fingerprint density at radius 2 is 1.70 bits per heavy atom. The first-order valence-corrected chi connectivity index (χ1v) is 8.38. The molecule has 3 atom stereocenters. The van der Waals surface area contributed by atoms with Gasteiger partial charge >= 0.3 is 0 Å². The zero-order valence-corrected chi connectivity index (χ0v) is 15.1. The van der Waals surface area contributed by atoms with E-state index in [4.69, 9.17) is 9.47 Å². The van der Waals surface area contributed by atoms with Gasteiger partial charge in [0, 0.05) is 13.1 Å². The van der Waals surface area contributed by atoms with Gasteiger partial charge in [-0.05, 0) is 43.9 Å². The van der Waals surface area contributed by atoms with Crippen molar-refractivity contribution in [1.29, 1.82) is 0 Å².